The molecule has 1 amide bonds. The fraction of sp³-hybridized carbons (Fsp3) is 0.0270. The van der Waals surface area contributed by atoms with E-state index in [1.807, 2.05) is 42.5 Å². The van der Waals surface area contributed by atoms with Gasteiger partial charge >= 0.3 is 31.2 Å². The van der Waals surface area contributed by atoms with E-state index in [9.17, 15) is 39.0 Å². The molecule has 12 aromatic carbocycles. The monoisotopic (exact) mass is 1220 g/mol. The maximum absolute atomic E-state index is 15.4. The number of methoxy groups -OCH3 is 1. The Kier molecular flexibility index (Phi) is 16.5. The minimum absolute atomic E-state index is 0.0111. The number of anilines is 1. The predicted molar refractivity (Wildman–Crippen MR) is 345 cm³/mol. The van der Waals surface area contributed by atoms with Crippen LogP contribution in [0.5, 0.6) is 46.0 Å². The fourth-order valence-corrected chi connectivity index (χ4v) is 12.6. The van der Waals surface area contributed by atoms with Gasteiger partial charge < -0.3 is 43.7 Å². The van der Waals surface area contributed by atoms with Gasteiger partial charge in [0.1, 0.15) is 46.0 Å². The van der Waals surface area contributed by atoms with Gasteiger partial charge in [-0.25, -0.2) is 19.2 Å². The first kappa shape index (κ1) is 59.2. The number of amides is 1. The molecule has 1 unspecified atom stereocenters. The molecule has 3 N–H and O–H groups in total. The lowest BCUT2D eigenvalue weighted by Crippen LogP contribution is -2.27. The van der Waals surface area contributed by atoms with Crippen LogP contribution in [0.4, 0.5) is 5.69 Å². The molecule has 16 nitrogen and oxygen atoms in total. The van der Waals surface area contributed by atoms with Gasteiger partial charge in [0.15, 0.2) is 5.78 Å². The summed E-state index contributed by atoms with van der Waals surface area (Å²) in [6.07, 6.45) is 0. The zero-order valence-corrected chi connectivity index (χ0v) is 49.2. The van der Waals surface area contributed by atoms with E-state index in [-0.39, 0.29) is 62.4 Å². The van der Waals surface area contributed by atoms with E-state index in [4.69, 9.17) is 28.2 Å². The first-order chi connectivity index (χ1) is 44.0. The first-order valence-electron chi connectivity index (χ1n) is 28.2. The van der Waals surface area contributed by atoms with Crippen molar-refractivity contribution in [3.63, 3.8) is 0 Å². The van der Waals surface area contributed by atoms with Gasteiger partial charge in [0.25, 0.3) is 5.91 Å². The minimum atomic E-state index is -4.12. The number of hydrogen-bond acceptors (Lipinski definition) is 15. The van der Waals surface area contributed by atoms with Crippen LogP contribution >= 0.6 is 7.37 Å². The molecule has 0 fully saturated rings. The highest BCUT2D eigenvalue weighted by Gasteiger charge is 2.41. The van der Waals surface area contributed by atoms with Crippen molar-refractivity contribution >= 4 is 91.6 Å². The lowest BCUT2D eigenvalue weighted by atomic mass is 10.0. The molecule has 0 aromatic heterocycles. The lowest BCUT2D eigenvalue weighted by molar-refractivity contribution is 0.0717. The molecule has 446 valence electrons. The number of aromatic hydroxyl groups is 2. The van der Waals surface area contributed by atoms with Crippen LogP contribution in [0, 0.1) is 0 Å². The SMILES string of the molecule is CC(=O)c1ccc2cc(OC(=O)c3ccc4cc(O)ccc4c3)ccc2c1.COc1ccc(C(=O)Oc2ccc(OC(=O)c3cccc(C(=O)Oc4ccc(NC(=O)c5ccc6cc(O)ccc6c5)cc4)c3)c(P3(=O)Oc4ccccc4-c4ccccc43)c2)cc1. The number of hydrogen-bond donors (Lipinski definition) is 3. The molecular formula is C74H50NO15P. The number of phenols is 2. The fourth-order valence-electron chi connectivity index (χ4n) is 10.2. The third-order valence-corrected chi connectivity index (χ3v) is 17.3. The number of carbonyl (C=O) groups excluding carboxylic acids is 6. The van der Waals surface area contributed by atoms with E-state index in [1.54, 1.807) is 152 Å². The molecule has 0 spiro atoms. The number of rotatable bonds is 13. The highest BCUT2D eigenvalue weighted by atomic mass is 31.2. The zero-order chi connectivity index (χ0) is 63.3. The Morgan fingerprint density at radius 3 is 1.51 bits per heavy atom. The van der Waals surface area contributed by atoms with Crippen molar-refractivity contribution in [1.82, 2.24) is 0 Å². The van der Waals surface area contributed by atoms with Crippen molar-refractivity contribution < 1.29 is 71.8 Å². The van der Waals surface area contributed by atoms with Gasteiger partial charge in [-0.05, 0) is 209 Å². The first-order valence-corrected chi connectivity index (χ1v) is 29.8. The Balaban J connectivity index is 0.000000246. The second kappa shape index (κ2) is 25.3. The Hall–Kier alpha value is -12.1. The van der Waals surface area contributed by atoms with Gasteiger partial charge in [0, 0.05) is 22.4 Å². The van der Waals surface area contributed by atoms with Crippen molar-refractivity contribution in [3.05, 3.63) is 282 Å². The Labute approximate surface area is 519 Å². The largest absolute Gasteiger partial charge is 0.508 e. The zero-order valence-electron chi connectivity index (χ0n) is 48.3. The van der Waals surface area contributed by atoms with Crippen molar-refractivity contribution in [3.8, 4) is 57.1 Å². The molecule has 0 saturated carbocycles. The van der Waals surface area contributed by atoms with E-state index in [1.165, 1.54) is 68.6 Å². The predicted octanol–water partition coefficient (Wildman–Crippen LogP) is 14.9. The number of ketones is 1. The van der Waals surface area contributed by atoms with Crippen LogP contribution in [0.15, 0.2) is 249 Å². The Morgan fingerprint density at radius 1 is 0.385 bits per heavy atom. The summed E-state index contributed by atoms with van der Waals surface area (Å²) in [4.78, 5) is 77.4. The number of Topliss-reactive ketones (excluding diaryl/α,β-unsaturated/α-hetero) is 1. The number of fused-ring (bicyclic) bond motifs is 6. The molecule has 0 radical (unpaired) electrons. The molecule has 1 atom stereocenters. The molecule has 91 heavy (non-hydrogen) atoms. The summed E-state index contributed by atoms with van der Waals surface area (Å²) >= 11 is 0. The topological polar surface area (TPSA) is 227 Å². The van der Waals surface area contributed by atoms with Crippen LogP contribution < -0.4 is 44.1 Å². The summed E-state index contributed by atoms with van der Waals surface area (Å²) in [5.41, 5.74) is 3.57. The third-order valence-electron chi connectivity index (χ3n) is 14.8. The van der Waals surface area contributed by atoms with Crippen LogP contribution in [-0.4, -0.2) is 52.9 Å². The molecular weight excluding hydrogens is 1170 g/mol. The van der Waals surface area contributed by atoms with Crippen LogP contribution in [0.3, 0.4) is 0 Å². The smallest absolute Gasteiger partial charge is 0.343 e. The number of benzene rings is 12. The van der Waals surface area contributed by atoms with Gasteiger partial charge in [0.2, 0.25) is 0 Å². The quantitative estimate of drug-likeness (QED) is 0.0422. The van der Waals surface area contributed by atoms with Crippen molar-refractivity contribution in [2.45, 2.75) is 6.92 Å². The highest BCUT2D eigenvalue weighted by Crippen LogP contribution is 2.55. The second-order valence-electron chi connectivity index (χ2n) is 20.9. The number of nitrogens with one attached hydrogen (secondary N) is 1. The summed E-state index contributed by atoms with van der Waals surface area (Å²) in [5, 5.41) is 27.4. The van der Waals surface area contributed by atoms with Gasteiger partial charge in [-0.2, -0.15) is 0 Å². The van der Waals surface area contributed by atoms with E-state index >= 15 is 4.57 Å². The van der Waals surface area contributed by atoms with Crippen molar-refractivity contribution in [1.29, 1.82) is 0 Å². The Morgan fingerprint density at radius 2 is 0.846 bits per heavy atom. The van der Waals surface area contributed by atoms with Crippen LogP contribution in [-0.2, 0) is 4.57 Å². The van der Waals surface area contributed by atoms with Gasteiger partial charge in [-0.1, -0.05) is 84.9 Å². The summed E-state index contributed by atoms with van der Waals surface area (Å²) in [7, 11) is -2.61. The average Bonchev–Trinajstić information content (AvgIpc) is 0.739. The number of esters is 4. The van der Waals surface area contributed by atoms with Crippen LogP contribution in [0.25, 0.3) is 43.4 Å². The van der Waals surface area contributed by atoms with Crippen molar-refractivity contribution in [2.75, 3.05) is 12.4 Å². The van der Waals surface area contributed by atoms with Crippen molar-refractivity contribution in [2.24, 2.45) is 0 Å². The summed E-state index contributed by atoms with van der Waals surface area (Å²) in [6.45, 7) is 1.53. The average molecular weight is 1220 g/mol. The summed E-state index contributed by atoms with van der Waals surface area (Å²) in [6, 6.07) is 67.4. The lowest BCUT2D eigenvalue weighted by Gasteiger charge is -2.29. The van der Waals surface area contributed by atoms with Gasteiger partial charge in [0.05, 0.1) is 40.0 Å². The van der Waals surface area contributed by atoms with Gasteiger partial charge in [-0.3, -0.25) is 14.2 Å². The molecule has 0 bridgehead atoms. The molecule has 1 aliphatic rings. The third kappa shape index (κ3) is 13.0. The molecule has 0 aliphatic carbocycles. The van der Waals surface area contributed by atoms with Crippen LogP contribution in [0.2, 0.25) is 0 Å². The van der Waals surface area contributed by atoms with Gasteiger partial charge in [-0.15, -0.1) is 0 Å². The standard InChI is InChI=1S/C51H34NO11P.C23H16O4/c1-59-39-21-16-31(17-22-39)49(55)61-41-25-26-45(47(30-41)64(58)46-12-5-3-10-43(46)42-9-2-4-11-44(42)63-64)62-51(57)36-8-6-7-35(28-36)50(56)60-40-23-18-37(19-24-40)52-48(54)34-14-13-33-29-38(53)20-15-32(33)27-34;1-14(24)15-2-3-19-13-22(9-7-17(19)10-15)27-23(26)20-5-4-18-12-21(25)8-6-16(18)11-20/h2-30,53H,1H3,(H,52,54);2-13,25H,1H3. The summed E-state index contributed by atoms with van der Waals surface area (Å²) < 4.78 is 49.7. The second-order valence-corrected chi connectivity index (χ2v) is 23.2. The maximum atomic E-state index is 15.4. The van der Waals surface area contributed by atoms with E-state index < -0.39 is 31.2 Å². The number of para-hydroxylation sites is 1. The van der Waals surface area contributed by atoms with E-state index in [0.717, 1.165) is 37.9 Å². The number of ether oxygens (including phenoxy) is 5. The normalized spacial score (nSPS) is 12.8. The summed E-state index contributed by atoms with van der Waals surface area (Å²) in [5.74, 6) is -1.44. The molecule has 12 aromatic rings. The minimum Gasteiger partial charge on any atom is -0.508 e. The van der Waals surface area contributed by atoms with E-state index in [2.05, 4.69) is 5.32 Å². The highest BCUT2D eigenvalue weighted by molar-refractivity contribution is 7.75. The molecule has 1 heterocycles. The number of carbonyl (C=O) groups is 6. The maximum Gasteiger partial charge on any atom is 0.343 e. The molecule has 0 saturated heterocycles. The van der Waals surface area contributed by atoms with Crippen LogP contribution in [0.1, 0.15) is 69.1 Å². The van der Waals surface area contributed by atoms with E-state index in [0.29, 0.717) is 50.5 Å². The number of phenolic OH excluding ortho intramolecular Hbond substituents is 2. The Bertz CT molecular complexity index is 4970. The molecule has 17 heteroatoms. The molecule has 13 rings (SSSR count). The molecule has 1 aliphatic heterocycles.